The third-order valence-electron chi connectivity index (χ3n) is 3.47. The molecular weight excluding hydrogens is 334 g/mol. The normalized spacial score (nSPS) is 9.42. The molecule has 0 fully saturated rings. The summed E-state index contributed by atoms with van der Waals surface area (Å²) in [6.45, 7) is 19.8. The zero-order valence-corrected chi connectivity index (χ0v) is 15.1. The molecule has 1 aromatic rings. The van der Waals surface area contributed by atoms with Crippen molar-refractivity contribution in [1.29, 1.82) is 0 Å². The van der Waals surface area contributed by atoms with Crippen LogP contribution in [0.1, 0.15) is 25.0 Å². The molecule has 0 unspecified atom stereocenters. The van der Waals surface area contributed by atoms with Gasteiger partial charge in [0.2, 0.25) is 0 Å². The fourth-order valence-electron chi connectivity index (χ4n) is 2.22. The lowest BCUT2D eigenvalue weighted by Gasteiger charge is -2.25. The summed E-state index contributed by atoms with van der Waals surface area (Å²) >= 11 is 0. The van der Waals surface area contributed by atoms with E-state index in [0.29, 0.717) is 13.1 Å². The molecule has 0 spiro atoms. The Hall–Kier alpha value is -3.32. The molecule has 0 saturated heterocycles. The first-order valence-corrected chi connectivity index (χ1v) is 7.96. The maximum absolute atomic E-state index is 11.0. The number of hydrogen-bond donors (Lipinski definition) is 0. The van der Waals surface area contributed by atoms with Crippen LogP contribution in [-0.4, -0.2) is 38.2 Å². The van der Waals surface area contributed by atoms with E-state index in [4.69, 9.17) is 22.6 Å². The maximum atomic E-state index is 11.0. The predicted molar refractivity (Wildman–Crippen MR) is 97.8 cm³/mol. The van der Waals surface area contributed by atoms with E-state index in [1.807, 2.05) is 30.0 Å². The van der Waals surface area contributed by atoms with Crippen molar-refractivity contribution in [2.75, 3.05) is 31.2 Å². The number of anilines is 1. The van der Waals surface area contributed by atoms with Crippen molar-refractivity contribution in [1.82, 2.24) is 0 Å². The third kappa shape index (κ3) is 7.06. The molecule has 0 bridgehead atoms. The Kier molecular flexibility index (Phi) is 8.39. The highest BCUT2D eigenvalue weighted by Gasteiger charge is 2.11. The van der Waals surface area contributed by atoms with Gasteiger partial charge in [0.15, 0.2) is 0 Å². The number of hydrogen-bond acceptors (Lipinski definition) is 5. The monoisotopic (exact) mass is 355 g/mol. The van der Waals surface area contributed by atoms with Gasteiger partial charge in [0, 0.05) is 25.6 Å². The molecule has 26 heavy (non-hydrogen) atoms. The third-order valence-corrected chi connectivity index (χ3v) is 3.47. The lowest BCUT2D eigenvalue weighted by molar-refractivity contribution is -0.141. The summed E-state index contributed by atoms with van der Waals surface area (Å²) in [6.07, 6.45) is 1.54. The minimum Gasteiger partial charge on any atom is -0.464 e. The molecule has 0 N–H and O–H groups in total. The van der Waals surface area contributed by atoms with Crippen molar-refractivity contribution in [3.05, 3.63) is 58.0 Å². The average Bonchev–Trinajstić information content (AvgIpc) is 2.59. The Bertz CT molecular complexity index is 736. The minimum atomic E-state index is -0.354. The number of ether oxygens (including phenoxy) is 2. The predicted octanol–water partition coefficient (Wildman–Crippen LogP) is 3.06. The smallest absolute Gasteiger partial charge is 0.464 e. The van der Waals surface area contributed by atoms with Crippen LogP contribution in [0, 0.1) is 20.1 Å². The highest BCUT2D eigenvalue weighted by Crippen LogP contribution is 2.21. The summed E-state index contributed by atoms with van der Waals surface area (Å²) in [7, 11) is 0. The van der Waals surface area contributed by atoms with E-state index < -0.39 is 0 Å². The second kappa shape index (κ2) is 10.5. The van der Waals surface area contributed by atoms with Crippen LogP contribution in [-0.2, 0) is 19.1 Å². The van der Waals surface area contributed by atoms with Gasteiger partial charge < -0.3 is 14.4 Å². The molecule has 1 aromatic carbocycles. The van der Waals surface area contributed by atoms with Crippen LogP contribution in [0.4, 0.5) is 5.69 Å². The second-order valence-electron chi connectivity index (χ2n) is 5.43. The summed E-state index contributed by atoms with van der Waals surface area (Å²) in [4.78, 5) is 30.2. The minimum absolute atomic E-state index is 0.00224. The van der Waals surface area contributed by atoms with Gasteiger partial charge >= 0.3 is 17.8 Å². The van der Waals surface area contributed by atoms with Gasteiger partial charge in [0.1, 0.15) is 26.4 Å². The molecule has 1 rings (SSSR count). The Balaban J connectivity index is 2.97. The van der Waals surface area contributed by atoms with Gasteiger partial charge in [-0.3, -0.25) is 9.59 Å². The van der Waals surface area contributed by atoms with Crippen molar-refractivity contribution < 1.29 is 19.1 Å². The topological polar surface area (TPSA) is 64.6 Å². The van der Waals surface area contributed by atoms with Gasteiger partial charge in [0.05, 0.1) is 13.1 Å². The van der Waals surface area contributed by atoms with E-state index in [-0.39, 0.29) is 31.0 Å². The van der Waals surface area contributed by atoms with Crippen molar-refractivity contribution in [2.45, 2.75) is 20.8 Å². The molecule has 7 nitrogen and oxygen atoms in total. The first-order valence-electron chi connectivity index (χ1n) is 7.96. The van der Waals surface area contributed by atoms with E-state index in [0.717, 1.165) is 16.8 Å². The van der Waals surface area contributed by atoms with Crippen molar-refractivity contribution >= 4 is 23.7 Å². The number of rotatable bonds is 8. The summed E-state index contributed by atoms with van der Waals surface area (Å²) in [5.74, 6) is -0.706. The summed E-state index contributed by atoms with van der Waals surface area (Å²) in [5.41, 5.74) is 2.55. The molecule has 0 amide bonds. The molecule has 0 atom stereocenters. The SMILES string of the molecule is [C-]#[N+]C(=Cc1ccc(N(CCOC(C)=O)CCOC(C)=O)cc1C)[N+]#[C-]. The van der Waals surface area contributed by atoms with Gasteiger partial charge in [-0.25, -0.2) is 0 Å². The van der Waals surface area contributed by atoms with Crippen LogP contribution < -0.4 is 4.90 Å². The van der Waals surface area contributed by atoms with E-state index in [1.54, 1.807) is 6.08 Å². The summed E-state index contributed by atoms with van der Waals surface area (Å²) < 4.78 is 9.99. The lowest BCUT2D eigenvalue weighted by Crippen LogP contribution is -2.32. The highest BCUT2D eigenvalue weighted by molar-refractivity contribution is 5.66. The number of nitrogens with zero attached hydrogens (tertiary/aromatic N) is 3. The molecule has 0 saturated carbocycles. The van der Waals surface area contributed by atoms with Crippen molar-refractivity contribution in [3.8, 4) is 0 Å². The van der Waals surface area contributed by atoms with Crippen LogP contribution in [0.15, 0.2) is 24.0 Å². The lowest BCUT2D eigenvalue weighted by atomic mass is 10.1. The Labute approximate surface area is 153 Å². The highest BCUT2D eigenvalue weighted by atomic mass is 16.5. The number of carbonyl (C=O) groups is 2. The molecule has 0 aliphatic heterocycles. The van der Waals surface area contributed by atoms with E-state index in [2.05, 4.69) is 9.69 Å². The second-order valence-corrected chi connectivity index (χ2v) is 5.43. The molecule has 0 aliphatic rings. The van der Waals surface area contributed by atoms with Crippen LogP contribution in [0.5, 0.6) is 0 Å². The molecule has 0 radical (unpaired) electrons. The van der Waals surface area contributed by atoms with Gasteiger partial charge in [-0.05, 0) is 30.2 Å². The standard InChI is InChI=1S/C19H21N3O4/c1-14-12-18(7-6-17(14)13-19(20-4)21-5)22(8-10-25-15(2)23)9-11-26-16(3)24/h6-7,12-13H,8-11H2,1-3H3. The van der Waals surface area contributed by atoms with Gasteiger partial charge in [0.25, 0.3) is 0 Å². The summed E-state index contributed by atoms with van der Waals surface area (Å²) in [5, 5.41) is 0. The van der Waals surface area contributed by atoms with Crippen LogP contribution in [0.3, 0.4) is 0 Å². The number of esters is 2. The molecule has 0 heterocycles. The van der Waals surface area contributed by atoms with Crippen molar-refractivity contribution in [3.63, 3.8) is 0 Å². The zero-order valence-electron chi connectivity index (χ0n) is 15.1. The molecule has 0 aliphatic carbocycles. The van der Waals surface area contributed by atoms with E-state index in [1.165, 1.54) is 13.8 Å². The Morgan fingerprint density at radius 3 is 2.04 bits per heavy atom. The summed E-state index contributed by atoms with van der Waals surface area (Å²) in [6, 6.07) is 5.59. The van der Waals surface area contributed by atoms with Gasteiger partial charge in [-0.2, -0.15) is 9.69 Å². The fourth-order valence-corrected chi connectivity index (χ4v) is 2.22. The number of carbonyl (C=O) groups excluding carboxylic acids is 2. The first-order chi connectivity index (χ1) is 12.4. The average molecular weight is 355 g/mol. The zero-order chi connectivity index (χ0) is 19.5. The molecular formula is C19H21N3O4. The molecule has 7 heteroatoms. The molecule has 136 valence electrons. The fraction of sp³-hybridized carbons (Fsp3) is 0.368. The van der Waals surface area contributed by atoms with E-state index >= 15 is 0 Å². The van der Waals surface area contributed by atoms with Crippen LogP contribution in [0.2, 0.25) is 0 Å². The largest absolute Gasteiger partial charge is 0.519 e. The van der Waals surface area contributed by atoms with Crippen LogP contribution >= 0.6 is 0 Å². The number of aryl methyl sites for hydroxylation is 1. The van der Waals surface area contributed by atoms with Crippen molar-refractivity contribution in [2.24, 2.45) is 0 Å². The van der Waals surface area contributed by atoms with Gasteiger partial charge in [-0.15, -0.1) is 0 Å². The van der Waals surface area contributed by atoms with Crippen LogP contribution in [0.25, 0.3) is 15.8 Å². The molecule has 0 aromatic heterocycles. The first kappa shape index (κ1) is 20.7. The van der Waals surface area contributed by atoms with E-state index in [9.17, 15) is 9.59 Å². The number of benzene rings is 1. The maximum Gasteiger partial charge on any atom is 0.519 e. The Morgan fingerprint density at radius 1 is 1.08 bits per heavy atom. The Morgan fingerprint density at radius 2 is 1.62 bits per heavy atom. The van der Waals surface area contributed by atoms with Gasteiger partial charge in [-0.1, -0.05) is 6.07 Å². The quantitative estimate of drug-likeness (QED) is 0.530.